The Hall–Kier alpha value is -2.03. The first-order valence-corrected chi connectivity index (χ1v) is 11.8. The maximum absolute atomic E-state index is 14.4. The van der Waals surface area contributed by atoms with Crippen LogP contribution in [-0.2, 0) is 23.7 Å². The van der Waals surface area contributed by atoms with Crippen molar-refractivity contribution in [1.82, 2.24) is 0 Å². The fourth-order valence-electron chi connectivity index (χ4n) is 2.37. The molecular weight excluding hydrogens is 979 g/mol. The summed E-state index contributed by atoms with van der Waals surface area (Å²) in [5.74, 6) is -36.5. The fourth-order valence-corrected chi connectivity index (χ4v) is 2.46. The maximum Gasteiger partial charge on any atom is 0.483 e. The minimum Gasteiger partial charge on any atom is -0.263 e. The minimum atomic E-state index is -9.42. The molecule has 0 saturated carbocycles. The third-order valence-electron chi connectivity index (χ3n) is 4.95. The SMILES string of the molecule is FC(F)(F)C(F)(F)OC(F)(F)[C@](F)(OC(F)(F)[C@](F)(OC(F)(F)[C@](F)(OC(F)(F)[C@@](F)(OC(F)(F)C(F)(F)Br)C(F)(F)F)C(F)(F)F)C(F)(F)F)C(F)(F)F. The molecule has 4 atom stereocenters. The number of halogens is 34. The van der Waals surface area contributed by atoms with Crippen LogP contribution in [0.25, 0.3) is 0 Å². The molecule has 0 unspecified atom stereocenters. The molecule has 0 saturated heterocycles. The molecule has 0 aliphatic rings. The molecule has 0 amide bonds. The Balaban J connectivity index is 7.84. The van der Waals surface area contributed by atoms with E-state index in [1.165, 1.54) is 4.74 Å². The van der Waals surface area contributed by atoms with E-state index in [0.29, 0.717) is 0 Å². The number of alkyl halides is 34. The van der Waals surface area contributed by atoms with Gasteiger partial charge in [0.2, 0.25) is 0 Å². The van der Waals surface area contributed by atoms with Gasteiger partial charge in [-0.3, -0.25) is 18.9 Å². The molecule has 55 heavy (non-hydrogen) atoms. The second kappa shape index (κ2) is 13.8. The number of hydrogen-bond donors (Lipinski definition) is 0. The van der Waals surface area contributed by atoms with Crippen LogP contribution in [0.4, 0.5) is 145 Å². The smallest absolute Gasteiger partial charge is 0.263 e. The lowest BCUT2D eigenvalue weighted by atomic mass is 10.2. The van der Waals surface area contributed by atoms with Crippen molar-refractivity contribution in [3.8, 4) is 0 Å². The molecule has 0 bridgehead atoms. The molecule has 39 heteroatoms. The lowest BCUT2D eigenvalue weighted by Gasteiger charge is -2.44. The summed E-state index contributed by atoms with van der Waals surface area (Å²) in [4.78, 5) is -6.68. The van der Waals surface area contributed by atoms with Gasteiger partial charge in [-0.1, -0.05) is 0 Å². The third kappa shape index (κ3) is 9.32. The first-order chi connectivity index (χ1) is 23.0. The van der Waals surface area contributed by atoms with Gasteiger partial charge in [-0.25, -0.2) is 4.74 Å². The van der Waals surface area contributed by atoms with Crippen molar-refractivity contribution in [3.63, 3.8) is 0 Å². The van der Waals surface area contributed by atoms with Gasteiger partial charge in [-0.15, -0.1) is 0 Å². The van der Waals surface area contributed by atoms with Crippen molar-refractivity contribution < 1.29 is 169 Å². The van der Waals surface area contributed by atoms with Gasteiger partial charge in [0.25, 0.3) is 0 Å². The second-order valence-electron chi connectivity index (χ2n) is 8.98. The van der Waals surface area contributed by atoms with Crippen molar-refractivity contribution in [3.05, 3.63) is 0 Å². The Morgan fingerprint density at radius 1 is 0.200 bits per heavy atom. The highest BCUT2D eigenvalue weighted by molar-refractivity contribution is 9.10. The third-order valence-corrected chi connectivity index (χ3v) is 5.41. The summed E-state index contributed by atoms with van der Waals surface area (Å²) in [6, 6.07) is 0. The molecule has 0 spiro atoms. The highest BCUT2D eigenvalue weighted by atomic mass is 79.9. The molecule has 0 heterocycles. The molecule has 0 rings (SSSR count). The largest absolute Gasteiger partial charge is 0.483 e. The van der Waals surface area contributed by atoms with E-state index in [1.54, 1.807) is 0 Å². The van der Waals surface area contributed by atoms with Crippen LogP contribution in [0.3, 0.4) is 0 Å². The normalized spacial score (nSPS) is 20.4. The van der Waals surface area contributed by atoms with Gasteiger partial charge >= 0.3 is 95.8 Å². The second-order valence-corrected chi connectivity index (χ2v) is 9.97. The lowest BCUT2D eigenvalue weighted by Crippen LogP contribution is -2.72. The van der Waals surface area contributed by atoms with Crippen molar-refractivity contribution >= 4 is 15.9 Å². The predicted octanol–water partition coefficient (Wildman–Crippen LogP) is 11.1. The van der Waals surface area contributed by atoms with Gasteiger partial charge in [0.05, 0.1) is 0 Å². The van der Waals surface area contributed by atoms with E-state index in [9.17, 15) is 145 Å². The summed E-state index contributed by atoms with van der Waals surface area (Å²) in [7, 11) is 0. The summed E-state index contributed by atoms with van der Waals surface area (Å²) >= 11 is 0.257. The van der Waals surface area contributed by atoms with Crippen LogP contribution in [0.2, 0.25) is 0 Å². The van der Waals surface area contributed by atoms with Crippen LogP contribution in [0.5, 0.6) is 0 Å². The van der Waals surface area contributed by atoms with E-state index in [-0.39, 0.29) is 15.9 Å². The van der Waals surface area contributed by atoms with Crippen molar-refractivity contribution in [1.29, 1.82) is 0 Å². The Labute approximate surface area is 281 Å². The van der Waals surface area contributed by atoms with Gasteiger partial charge < -0.3 is 0 Å². The van der Waals surface area contributed by atoms with Crippen molar-refractivity contribution in [2.45, 2.75) is 95.8 Å². The fraction of sp³-hybridized carbons (Fsp3) is 1.00. The molecule has 0 fully saturated rings. The molecule has 0 aromatic carbocycles. The topological polar surface area (TPSA) is 46.2 Å². The minimum absolute atomic E-state index is 0.257. The van der Waals surface area contributed by atoms with Gasteiger partial charge in [-0.2, -0.15) is 145 Å². The number of rotatable bonds is 15. The van der Waals surface area contributed by atoms with Crippen molar-refractivity contribution in [2.24, 2.45) is 0 Å². The van der Waals surface area contributed by atoms with E-state index < -0.39 is 95.8 Å². The van der Waals surface area contributed by atoms with Crippen LogP contribution in [0.1, 0.15) is 0 Å². The molecular formula is C16BrF33O5. The lowest BCUT2D eigenvalue weighted by molar-refractivity contribution is -0.600. The Bertz CT molecular complexity index is 1340. The summed E-state index contributed by atoms with van der Waals surface area (Å²) < 4.78 is 443. The summed E-state index contributed by atoms with van der Waals surface area (Å²) in [5, 5.41) is 0. The van der Waals surface area contributed by atoms with Crippen LogP contribution < -0.4 is 0 Å². The quantitative estimate of drug-likeness (QED) is 0.121. The molecule has 0 aromatic heterocycles. The molecule has 332 valence electrons. The van der Waals surface area contributed by atoms with Gasteiger partial charge in [0.1, 0.15) is 0 Å². The predicted molar refractivity (Wildman–Crippen MR) is 94.6 cm³/mol. The highest BCUT2D eigenvalue weighted by Crippen LogP contribution is 2.62. The zero-order valence-electron chi connectivity index (χ0n) is 22.9. The van der Waals surface area contributed by atoms with Crippen LogP contribution in [0.15, 0.2) is 0 Å². The average Bonchev–Trinajstić information content (AvgIpc) is 2.82. The Morgan fingerprint density at radius 3 is 0.509 bits per heavy atom. The van der Waals surface area contributed by atoms with Crippen LogP contribution in [0, 0.1) is 0 Å². The highest BCUT2D eigenvalue weighted by Gasteiger charge is 2.90. The van der Waals surface area contributed by atoms with Crippen LogP contribution in [-0.4, -0.2) is 95.8 Å². The van der Waals surface area contributed by atoms with E-state index in [2.05, 4.69) is 0 Å². The summed E-state index contributed by atoms with van der Waals surface area (Å²) in [6.07, 6.45) is -95.4. The van der Waals surface area contributed by atoms with Gasteiger partial charge in [-0.05, 0) is 0 Å². The first kappa shape index (κ1) is 53.0. The van der Waals surface area contributed by atoms with Gasteiger partial charge in [0, 0.05) is 15.9 Å². The monoisotopic (exact) mass is 978 g/mol. The summed E-state index contributed by atoms with van der Waals surface area (Å²) in [5.41, 5.74) is 0. The first-order valence-electron chi connectivity index (χ1n) is 11.0. The van der Waals surface area contributed by atoms with Crippen molar-refractivity contribution in [2.75, 3.05) is 0 Å². The molecule has 0 aliphatic heterocycles. The molecule has 0 aliphatic carbocycles. The van der Waals surface area contributed by atoms with Crippen LogP contribution >= 0.6 is 15.9 Å². The van der Waals surface area contributed by atoms with E-state index >= 15 is 0 Å². The Kier molecular flexibility index (Phi) is 13.3. The standard InChI is InChI=1S/C16BrF33O5/c17-5(22,23)15(47,48)54-3(20,8(30,31)32)13(43,44)52-1(18,6(24,25)26)11(39,40)51-2(19,7(27,28)29)12(41,42)53-4(21,9(33,34)35)14(45,46)55-16(49,50)10(36,37)38/t1-,2-,3+,4-/m1/s1. The zero-order chi connectivity index (χ0) is 45.5. The molecule has 0 N–H and O–H groups in total. The Morgan fingerprint density at radius 2 is 0.364 bits per heavy atom. The van der Waals surface area contributed by atoms with Gasteiger partial charge in [0.15, 0.2) is 0 Å². The van der Waals surface area contributed by atoms with E-state index in [4.69, 9.17) is 0 Å². The number of hydrogen-bond acceptors (Lipinski definition) is 5. The molecule has 5 nitrogen and oxygen atoms in total. The summed E-state index contributed by atoms with van der Waals surface area (Å²) in [6.45, 7) is 0. The molecule has 0 aromatic rings. The number of ether oxygens (including phenoxy) is 5. The average molecular weight is 979 g/mol. The van der Waals surface area contributed by atoms with E-state index in [0.717, 1.165) is 18.9 Å². The van der Waals surface area contributed by atoms with E-state index in [1.807, 2.05) is 0 Å². The molecule has 0 radical (unpaired) electrons. The zero-order valence-corrected chi connectivity index (χ0v) is 24.5. The maximum atomic E-state index is 14.4.